The molecule has 0 unspecified atom stereocenters. The summed E-state index contributed by atoms with van der Waals surface area (Å²) in [5, 5.41) is 5.22. The highest BCUT2D eigenvalue weighted by Crippen LogP contribution is 2.17. The lowest BCUT2D eigenvalue weighted by molar-refractivity contribution is -0.140. The minimum Gasteiger partial charge on any atom is -0.469 e. The van der Waals surface area contributed by atoms with Gasteiger partial charge in [0.2, 0.25) is 5.91 Å². The third-order valence-corrected chi connectivity index (χ3v) is 3.47. The van der Waals surface area contributed by atoms with Crippen molar-refractivity contribution < 1.29 is 19.1 Å². The van der Waals surface area contributed by atoms with Crippen molar-refractivity contribution in [3.05, 3.63) is 11.1 Å². The summed E-state index contributed by atoms with van der Waals surface area (Å²) in [7, 11) is 1.38. The molecule has 1 amide bonds. The van der Waals surface area contributed by atoms with Crippen LogP contribution in [0.4, 0.5) is 5.13 Å². The monoisotopic (exact) mass is 314 g/mol. The standard InChI is InChI=1S/C14H22N2O4S/c1-3-8-20-9-7-12(17)16-14-15-11(10-21-14)5-4-6-13(18)19-2/h10H,3-9H2,1-2H3,(H,15,16,17). The fraction of sp³-hybridized carbons (Fsp3) is 0.643. The van der Waals surface area contributed by atoms with Crippen molar-refractivity contribution in [2.24, 2.45) is 0 Å². The van der Waals surface area contributed by atoms with E-state index in [1.807, 2.05) is 12.3 Å². The van der Waals surface area contributed by atoms with Crippen molar-refractivity contribution in [1.29, 1.82) is 0 Å². The topological polar surface area (TPSA) is 77.5 Å². The summed E-state index contributed by atoms with van der Waals surface area (Å²) in [6, 6.07) is 0. The highest BCUT2D eigenvalue weighted by molar-refractivity contribution is 7.13. The van der Waals surface area contributed by atoms with Gasteiger partial charge in [0.25, 0.3) is 0 Å². The van der Waals surface area contributed by atoms with E-state index in [-0.39, 0.29) is 11.9 Å². The fourth-order valence-corrected chi connectivity index (χ4v) is 2.35. The number of aryl methyl sites for hydroxylation is 1. The Morgan fingerprint density at radius 2 is 2.14 bits per heavy atom. The number of carbonyl (C=O) groups excluding carboxylic acids is 2. The summed E-state index contributed by atoms with van der Waals surface area (Å²) in [5.74, 6) is -0.313. The molecule has 118 valence electrons. The Bertz CT molecular complexity index is 448. The van der Waals surface area contributed by atoms with Crippen LogP contribution >= 0.6 is 11.3 Å². The first-order valence-corrected chi connectivity index (χ1v) is 7.92. The summed E-state index contributed by atoms with van der Waals surface area (Å²) in [4.78, 5) is 26.9. The number of thiazole rings is 1. The van der Waals surface area contributed by atoms with Gasteiger partial charge >= 0.3 is 5.97 Å². The fourth-order valence-electron chi connectivity index (χ4n) is 1.59. The number of amides is 1. The average molecular weight is 314 g/mol. The molecule has 0 fully saturated rings. The average Bonchev–Trinajstić information content (AvgIpc) is 2.90. The van der Waals surface area contributed by atoms with Crippen LogP contribution < -0.4 is 5.32 Å². The molecule has 0 aliphatic heterocycles. The number of nitrogens with zero attached hydrogens (tertiary/aromatic N) is 1. The molecule has 0 bridgehead atoms. The van der Waals surface area contributed by atoms with Gasteiger partial charge in [-0.3, -0.25) is 9.59 Å². The van der Waals surface area contributed by atoms with Crippen molar-refractivity contribution in [3.8, 4) is 0 Å². The number of rotatable bonds is 10. The highest BCUT2D eigenvalue weighted by atomic mass is 32.1. The minimum absolute atomic E-state index is 0.0958. The van der Waals surface area contributed by atoms with Gasteiger partial charge in [0.15, 0.2) is 5.13 Å². The summed E-state index contributed by atoms with van der Waals surface area (Å²) >= 11 is 1.39. The van der Waals surface area contributed by atoms with E-state index >= 15 is 0 Å². The number of hydrogen-bond donors (Lipinski definition) is 1. The van der Waals surface area contributed by atoms with Gasteiger partial charge in [-0.1, -0.05) is 6.92 Å². The molecule has 21 heavy (non-hydrogen) atoms. The molecule has 0 saturated heterocycles. The first-order valence-electron chi connectivity index (χ1n) is 7.04. The lowest BCUT2D eigenvalue weighted by Gasteiger charge is -2.02. The van der Waals surface area contributed by atoms with Gasteiger partial charge in [-0.05, 0) is 19.3 Å². The molecule has 1 heterocycles. The predicted molar refractivity (Wildman–Crippen MR) is 81.4 cm³/mol. The van der Waals surface area contributed by atoms with Crippen LogP contribution in [0.1, 0.15) is 38.3 Å². The van der Waals surface area contributed by atoms with Gasteiger partial charge in [-0.15, -0.1) is 11.3 Å². The van der Waals surface area contributed by atoms with Crippen LogP contribution in [0.5, 0.6) is 0 Å². The third-order valence-electron chi connectivity index (χ3n) is 2.66. The molecule has 1 aromatic heterocycles. The van der Waals surface area contributed by atoms with Crippen LogP contribution in [-0.2, 0) is 25.5 Å². The van der Waals surface area contributed by atoms with Gasteiger partial charge in [0.05, 0.1) is 25.8 Å². The molecular weight excluding hydrogens is 292 g/mol. The van der Waals surface area contributed by atoms with Crippen LogP contribution in [0.2, 0.25) is 0 Å². The zero-order valence-corrected chi connectivity index (χ0v) is 13.3. The first kappa shape index (κ1) is 17.6. The number of aromatic nitrogens is 1. The first-order chi connectivity index (χ1) is 10.2. The molecule has 0 saturated carbocycles. The summed E-state index contributed by atoms with van der Waals surface area (Å²) < 4.78 is 9.84. The molecule has 0 aliphatic carbocycles. The lowest BCUT2D eigenvalue weighted by Crippen LogP contribution is -2.14. The van der Waals surface area contributed by atoms with E-state index in [9.17, 15) is 9.59 Å². The molecule has 7 heteroatoms. The van der Waals surface area contributed by atoms with Crippen LogP contribution in [-0.4, -0.2) is 37.2 Å². The number of nitrogens with one attached hydrogen (secondary N) is 1. The van der Waals surface area contributed by atoms with Gasteiger partial charge in [0, 0.05) is 18.4 Å². The summed E-state index contributed by atoms with van der Waals surface area (Å²) in [6.07, 6.45) is 3.04. The number of esters is 1. The molecule has 0 aromatic carbocycles. The maximum atomic E-state index is 11.6. The van der Waals surface area contributed by atoms with Crippen LogP contribution in [0, 0.1) is 0 Å². The molecule has 1 rings (SSSR count). The van der Waals surface area contributed by atoms with Crippen molar-refractivity contribution >= 4 is 28.3 Å². The minimum atomic E-state index is -0.217. The Labute approximate surface area is 128 Å². The zero-order chi connectivity index (χ0) is 15.5. The summed E-state index contributed by atoms with van der Waals surface area (Å²) in [5.41, 5.74) is 0.876. The van der Waals surface area contributed by atoms with E-state index in [2.05, 4.69) is 15.0 Å². The van der Waals surface area contributed by atoms with Gasteiger partial charge in [-0.25, -0.2) is 4.98 Å². The normalized spacial score (nSPS) is 10.4. The number of ether oxygens (including phenoxy) is 2. The Kier molecular flexibility index (Phi) is 8.61. The summed E-state index contributed by atoms with van der Waals surface area (Å²) in [6.45, 7) is 3.13. The second kappa shape index (κ2) is 10.3. The van der Waals surface area contributed by atoms with E-state index < -0.39 is 0 Å². The van der Waals surface area contributed by atoms with Gasteiger partial charge in [0.1, 0.15) is 0 Å². The van der Waals surface area contributed by atoms with E-state index in [0.717, 1.165) is 12.1 Å². The maximum Gasteiger partial charge on any atom is 0.305 e. The number of methoxy groups -OCH3 is 1. The number of hydrogen-bond acceptors (Lipinski definition) is 6. The molecule has 1 aromatic rings. The van der Waals surface area contributed by atoms with E-state index in [0.29, 0.717) is 44.0 Å². The molecule has 0 spiro atoms. The number of anilines is 1. The number of carbonyl (C=O) groups is 2. The quantitative estimate of drug-likeness (QED) is 0.530. The van der Waals surface area contributed by atoms with E-state index in [1.165, 1.54) is 18.4 Å². The second-order valence-electron chi connectivity index (χ2n) is 4.48. The maximum absolute atomic E-state index is 11.6. The Morgan fingerprint density at radius 1 is 1.33 bits per heavy atom. The Morgan fingerprint density at radius 3 is 2.86 bits per heavy atom. The largest absolute Gasteiger partial charge is 0.469 e. The molecular formula is C14H22N2O4S. The lowest BCUT2D eigenvalue weighted by atomic mass is 10.2. The van der Waals surface area contributed by atoms with E-state index in [4.69, 9.17) is 4.74 Å². The third kappa shape index (κ3) is 7.77. The van der Waals surface area contributed by atoms with Crippen LogP contribution in [0.15, 0.2) is 5.38 Å². The van der Waals surface area contributed by atoms with E-state index in [1.54, 1.807) is 0 Å². The van der Waals surface area contributed by atoms with Crippen LogP contribution in [0.3, 0.4) is 0 Å². The smallest absolute Gasteiger partial charge is 0.305 e. The SMILES string of the molecule is CCCOCCC(=O)Nc1nc(CCCC(=O)OC)cs1. The van der Waals surface area contributed by atoms with Crippen molar-refractivity contribution in [2.75, 3.05) is 25.6 Å². The van der Waals surface area contributed by atoms with Crippen molar-refractivity contribution in [3.63, 3.8) is 0 Å². The predicted octanol–water partition coefficient (Wildman–Crippen LogP) is 2.39. The molecule has 1 N–H and O–H groups in total. The highest BCUT2D eigenvalue weighted by Gasteiger charge is 2.07. The molecule has 0 aliphatic rings. The van der Waals surface area contributed by atoms with Gasteiger partial charge in [-0.2, -0.15) is 0 Å². The molecule has 0 atom stereocenters. The Hall–Kier alpha value is -1.47. The van der Waals surface area contributed by atoms with Crippen LogP contribution in [0.25, 0.3) is 0 Å². The van der Waals surface area contributed by atoms with Crippen molar-refractivity contribution in [1.82, 2.24) is 4.98 Å². The van der Waals surface area contributed by atoms with Gasteiger partial charge < -0.3 is 14.8 Å². The Balaban J connectivity index is 2.24. The molecule has 0 radical (unpaired) electrons. The second-order valence-corrected chi connectivity index (χ2v) is 5.34. The molecule has 6 nitrogen and oxygen atoms in total. The zero-order valence-electron chi connectivity index (χ0n) is 12.5. The van der Waals surface area contributed by atoms with Crippen molar-refractivity contribution in [2.45, 2.75) is 39.0 Å².